The molecule has 3 aromatic carbocycles. The molecule has 0 aromatic heterocycles. The molecular weight excluding hydrogens is 526 g/mol. The molecule has 2 N–H and O–H groups in total. The molecule has 2 fully saturated rings. The van der Waals surface area contributed by atoms with Crippen LogP contribution in [-0.2, 0) is 22.6 Å². The summed E-state index contributed by atoms with van der Waals surface area (Å²) in [5, 5.41) is 12.2. The number of rotatable bonds is 10. The highest BCUT2D eigenvalue weighted by Gasteiger charge is 2.47. The topological polar surface area (TPSA) is 82.1 Å². The lowest BCUT2D eigenvalue weighted by molar-refractivity contribution is -0.138. The van der Waals surface area contributed by atoms with Gasteiger partial charge in [-0.15, -0.1) is 0 Å². The predicted molar refractivity (Wildman–Crippen MR) is 166 cm³/mol. The lowest BCUT2D eigenvalue weighted by atomic mass is 9.77. The molecule has 0 bridgehead atoms. The fourth-order valence-corrected chi connectivity index (χ4v) is 5.96. The minimum Gasteiger partial charge on any atom is -0.508 e. The van der Waals surface area contributed by atoms with E-state index < -0.39 is 0 Å². The molecule has 5 rings (SSSR count). The summed E-state index contributed by atoms with van der Waals surface area (Å²) in [6, 6.07) is 23.9. The van der Waals surface area contributed by atoms with Crippen molar-refractivity contribution < 1.29 is 19.4 Å². The van der Waals surface area contributed by atoms with Gasteiger partial charge in [0, 0.05) is 19.6 Å². The molecule has 224 valence electrons. The molecule has 3 aromatic rings. The third-order valence-electron chi connectivity index (χ3n) is 8.83. The Balaban J connectivity index is 0.000000343. The third-order valence-corrected chi connectivity index (χ3v) is 8.83. The Kier molecular flexibility index (Phi) is 11.0. The van der Waals surface area contributed by atoms with E-state index in [4.69, 9.17) is 4.74 Å². The number of piperidine rings is 1. The Morgan fingerprint density at radius 2 is 1.64 bits per heavy atom. The molecular formula is C35H45N3O4. The van der Waals surface area contributed by atoms with Gasteiger partial charge in [0.1, 0.15) is 11.5 Å². The zero-order valence-corrected chi connectivity index (χ0v) is 25.2. The molecule has 7 heteroatoms. The zero-order valence-electron chi connectivity index (χ0n) is 25.2. The van der Waals surface area contributed by atoms with Gasteiger partial charge in [0.25, 0.3) is 0 Å². The van der Waals surface area contributed by atoms with Gasteiger partial charge < -0.3 is 25.0 Å². The van der Waals surface area contributed by atoms with E-state index in [0.717, 1.165) is 87.1 Å². The van der Waals surface area contributed by atoms with Crippen LogP contribution < -0.4 is 10.1 Å². The number of aryl methyl sites for hydroxylation is 2. The van der Waals surface area contributed by atoms with Crippen LogP contribution in [0.1, 0.15) is 60.9 Å². The molecule has 42 heavy (non-hydrogen) atoms. The number of nitrogens with zero attached hydrogens (tertiary/aromatic N) is 2. The fourth-order valence-electron chi connectivity index (χ4n) is 5.96. The van der Waals surface area contributed by atoms with E-state index in [1.165, 1.54) is 5.56 Å². The summed E-state index contributed by atoms with van der Waals surface area (Å²) < 4.78 is 5.23. The number of nitrogens with one attached hydrogen (secondary N) is 1. The van der Waals surface area contributed by atoms with E-state index in [9.17, 15) is 14.7 Å². The van der Waals surface area contributed by atoms with Crippen LogP contribution in [-0.4, -0.2) is 60.5 Å². The lowest BCUT2D eigenvalue weighted by Gasteiger charge is -2.38. The molecule has 7 nitrogen and oxygen atoms in total. The van der Waals surface area contributed by atoms with Crippen LogP contribution in [0.3, 0.4) is 0 Å². The number of methoxy groups -OCH3 is 1. The Morgan fingerprint density at radius 3 is 2.26 bits per heavy atom. The molecule has 2 amide bonds. The second-order valence-corrected chi connectivity index (χ2v) is 11.5. The standard InChI is InChI=1S/C26H33N3O3.C9H12O/c1-32-23-9-7-21(8-10-23)19-29-18-14-26(25(29)31)12-16-28(17-13-26)15-11-24(27-20-30)22-5-3-2-4-6-22;1-3-8-5-4-7(2)9(10)6-8/h2-10,20,24H,11-19H2,1H3,(H,27,30);4-6,10H,3H2,1-2H3. The molecule has 1 spiro atoms. The average Bonchev–Trinajstić information content (AvgIpc) is 3.32. The maximum Gasteiger partial charge on any atom is 0.229 e. The number of ether oxygens (including phenoxy) is 1. The number of amides is 2. The third kappa shape index (κ3) is 7.91. The summed E-state index contributed by atoms with van der Waals surface area (Å²) >= 11 is 0. The number of aromatic hydroxyl groups is 1. The van der Waals surface area contributed by atoms with Gasteiger partial charge in [-0.25, -0.2) is 0 Å². The molecule has 2 aliphatic rings. The number of likely N-dealkylation sites (tertiary alicyclic amines) is 2. The van der Waals surface area contributed by atoms with Crippen molar-refractivity contribution in [2.75, 3.05) is 33.3 Å². The quantitative estimate of drug-likeness (QED) is 0.308. The Hall–Kier alpha value is -3.84. The van der Waals surface area contributed by atoms with Gasteiger partial charge in [0.2, 0.25) is 12.3 Å². The monoisotopic (exact) mass is 571 g/mol. The number of benzene rings is 3. The number of carbonyl (C=O) groups excluding carboxylic acids is 2. The van der Waals surface area contributed by atoms with Crippen molar-refractivity contribution in [3.8, 4) is 11.5 Å². The Bertz CT molecular complexity index is 1290. The molecule has 2 saturated heterocycles. The SMILES string of the molecule is CCc1ccc(C)c(O)c1.COc1ccc(CN2CCC3(CCN(CCC(NC=O)c4ccccc4)CC3)C2=O)cc1. The van der Waals surface area contributed by atoms with Crippen LogP contribution >= 0.6 is 0 Å². The molecule has 0 radical (unpaired) electrons. The van der Waals surface area contributed by atoms with Gasteiger partial charge in [-0.1, -0.05) is 61.5 Å². The predicted octanol–water partition coefficient (Wildman–Crippen LogP) is 5.65. The van der Waals surface area contributed by atoms with Crippen molar-refractivity contribution in [2.45, 2.75) is 58.5 Å². The van der Waals surface area contributed by atoms with Gasteiger partial charge in [-0.05, 0) is 92.6 Å². The van der Waals surface area contributed by atoms with Crippen molar-refractivity contribution in [1.82, 2.24) is 15.1 Å². The summed E-state index contributed by atoms with van der Waals surface area (Å²) in [4.78, 5) is 28.8. The molecule has 2 heterocycles. The van der Waals surface area contributed by atoms with Crippen LogP contribution in [0.4, 0.5) is 0 Å². The van der Waals surface area contributed by atoms with E-state index >= 15 is 0 Å². The highest BCUT2D eigenvalue weighted by molar-refractivity contribution is 5.85. The van der Waals surface area contributed by atoms with Crippen molar-refractivity contribution in [3.63, 3.8) is 0 Å². The first kappa shape index (κ1) is 31.1. The van der Waals surface area contributed by atoms with Gasteiger partial charge >= 0.3 is 0 Å². The molecule has 1 unspecified atom stereocenters. The first-order chi connectivity index (χ1) is 20.4. The molecule has 0 aliphatic carbocycles. The smallest absolute Gasteiger partial charge is 0.229 e. The van der Waals surface area contributed by atoms with E-state index in [-0.39, 0.29) is 11.5 Å². The Labute approximate surface area is 250 Å². The van der Waals surface area contributed by atoms with Gasteiger partial charge in [-0.2, -0.15) is 0 Å². The first-order valence-electron chi connectivity index (χ1n) is 15.0. The summed E-state index contributed by atoms with van der Waals surface area (Å²) in [6.07, 6.45) is 5.43. The summed E-state index contributed by atoms with van der Waals surface area (Å²) in [7, 11) is 1.66. The number of carbonyl (C=O) groups is 2. The largest absolute Gasteiger partial charge is 0.508 e. The molecule has 0 saturated carbocycles. The summed E-state index contributed by atoms with van der Waals surface area (Å²) in [5.74, 6) is 1.56. The fraction of sp³-hybridized carbons (Fsp3) is 0.429. The summed E-state index contributed by atoms with van der Waals surface area (Å²) in [5.41, 5.74) is 4.21. The van der Waals surface area contributed by atoms with E-state index in [2.05, 4.69) is 29.3 Å². The zero-order chi connectivity index (χ0) is 30.0. The summed E-state index contributed by atoms with van der Waals surface area (Å²) in [6.45, 7) is 8.27. The van der Waals surface area contributed by atoms with Gasteiger partial charge in [-0.3, -0.25) is 9.59 Å². The van der Waals surface area contributed by atoms with Crippen LogP contribution in [0.15, 0.2) is 72.8 Å². The van der Waals surface area contributed by atoms with Crippen molar-refractivity contribution in [2.24, 2.45) is 5.41 Å². The van der Waals surface area contributed by atoms with Crippen LogP contribution in [0, 0.1) is 12.3 Å². The number of phenols is 1. The number of phenolic OH excluding ortho intramolecular Hbond substituents is 1. The van der Waals surface area contributed by atoms with Crippen molar-refractivity contribution in [1.29, 1.82) is 0 Å². The van der Waals surface area contributed by atoms with E-state index in [1.54, 1.807) is 7.11 Å². The van der Waals surface area contributed by atoms with E-state index in [0.29, 0.717) is 18.2 Å². The Morgan fingerprint density at radius 1 is 0.976 bits per heavy atom. The van der Waals surface area contributed by atoms with Crippen molar-refractivity contribution in [3.05, 3.63) is 95.1 Å². The number of hydrogen-bond acceptors (Lipinski definition) is 5. The first-order valence-corrected chi connectivity index (χ1v) is 15.0. The second kappa shape index (κ2) is 14.9. The lowest BCUT2D eigenvalue weighted by Crippen LogP contribution is -2.45. The van der Waals surface area contributed by atoms with Crippen LogP contribution in [0.2, 0.25) is 0 Å². The van der Waals surface area contributed by atoms with Crippen LogP contribution in [0.5, 0.6) is 11.5 Å². The van der Waals surface area contributed by atoms with E-state index in [1.807, 2.05) is 72.5 Å². The molecule has 1 atom stereocenters. The van der Waals surface area contributed by atoms with Gasteiger partial charge in [0.05, 0.1) is 18.6 Å². The van der Waals surface area contributed by atoms with Crippen molar-refractivity contribution >= 4 is 12.3 Å². The normalized spacial score (nSPS) is 16.9. The highest BCUT2D eigenvalue weighted by Crippen LogP contribution is 2.42. The highest BCUT2D eigenvalue weighted by atomic mass is 16.5. The minimum absolute atomic E-state index is 0.0256. The second-order valence-electron chi connectivity index (χ2n) is 11.5. The molecule has 2 aliphatic heterocycles. The maximum absolute atomic E-state index is 13.3. The number of hydrogen-bond donors (Lipinski definition) is 2. The maximum atomic E-state index is 13.3. The van der Waals surface area contributed by atoms with Crippen LogP contribution in [0.25, 0.3) is 0 Å². The van der Waals surface area contributed by atoms with Gasteiger partial charge in [0.15, 0.2) is 0 Å². The minimum atomic E-state index is -0.192. The average molecular weight is 572 g/mol.